The van der Waals surface area contributed by atoms with E-state index < -0.39 is 0 Å². The van der Waals surface area contributed by atoms with Crippen molar-refractivity contribution >= 4 is 11.6 Å². The molecule has 0 aliphatic heterocycles. The van der Waals surface area contributed by atoms with E-state index in [0.29, 0.717) is 18.6 Å². The van der Waals surface area contributed by atoms with Crippen molar-refractivity contribution in [1.29, 1.82) is 0 Å². The Balaban J connectivity index is 2.73. The summed E-state index contributed by atoms with van der Waals surface area (Å²) in [5.74, 6) is 0. The monoisotopic (exact) mass is 226 g/mol. The van der Waals surface area contributed by atoms with Crippen molar-refractivity contribution < 1.29 is 0 Å². The minimum Gasteiger partial charge on any atom is -0.329 e. The highest BCUT2D eigenvalue weighted by Gasteiger charge is 2.11. The molecule has 3 heteroatoms. The fourth-order valence-corrected chi connectivity index (χ4v) is 1.78. The van der Waals surface area contributed by atoms with Crippen LogP contribution in [0, 0.1) is 0 Å². The van der Waals surface area contributed by atoms with Gasteiger partial charge in [-0.3, -0.25) is 0 Å². The van der Waals surface area contributed by atoms with E-state index in [0.717, 1.165) is 11.4 Å². The summed E-state index contributed by atoms with van der Waals surface area (Å²) >= 11 is 5.96. The molecule has 1 aromatic carbocycles. The Morgan fingerprint density at radius 2 is 2.20 bits per heavy atom. The van der Waals surface area contributed by atoms with Gasteiger partial charge >= 0.3 is 0 Å². The minimum atomic E-state index is 0.328. The van der Waals surface area contributed by atoms with Crippen LogP contribution < -0.4 is 11.1 Å². The lowest BCUT2D eigenvalue weighted by molar-refractivity contribution is 0.450. The first-order valence-corrected chi connectivity index (χ1v) is 5.76. The number of rotatable bonds is 5. The minimum absolute atomic E-state index is 0.328. The quantitative estimate of drug-likeness (QED) is 0.810. The van der Waals surface area contributed by atoms with Crippen LogP contribution in [0.1, 0.15) is 31.9 Å². The van der Waals surface area contributed by atoms with Gasteiger partial charge in [0.15, 0.2) is 0 Å². The average Bonchev–Trinajstić information content (AvgIpc) is 2.25. The molecule has 0 bridgehead atoms. The van der Waals surface area contributed by atoms with E-state index in [9.17, 15) is 0 Å². The van der Waals surface area contributed by atoms with Crippen LogP contribution >= 0.6 is 11.6 Å². The Hall–Kier alpha value is -0.570. The van der Waals surface area contributed by atoms with Gasteiger partial charge in [0.1, 0.15) is 0 Å². The van der Waals surface area contributed by atoms with Crippen molar-refractivity contribution in [3.8, 4) is 0 Å². The Morgan fingerprint density at radius 1 is 1.47 bits per heavy atom. The summed E-state index contributed by atoms with van der Waals surface area (Å²) in [6.45, 7) is 4.89. The molecule has 0 amide bonds. The topological polar surface area (TPSA) is 38.0 Å². The van der Waals surface area contributed by atoms with Crippen LogP contribution in [-0.4, -0.2) is 12.6 Å². The third kappa shape index (κ3) is 3.82. The van der Waals surface area contributed by atoms with E-state index in [1.54, 1.807) is 0 Å². The molecule has 2 nitrogen and oxygen atoms in total. The maximum Gasteiger partial charge on any atom is 0.0409 e. The first-order valence-electron chi connectivity index (χ1n) is 5.39. The van der Waals surface area contributed by atoms with Crippen LogP contribution in [0.15, 0.2) is 24.3 Å². The second-order valence-electron chi connectivity index (χ2n) is 3.82. The van der Waals surface area contributed by atoms with Gasteiger partial charge in [-0.2, -0.15) is 0 Å². The second-order valence-corrected chi connectivity index (χ2v) is 4.26. The molecular formula is C12H19ClN2. The van der Waals surface area contributed by atoms with Crippen LogP contribution in [0.3, 0.4) is 0 Å². The van der Waals surface area contributed by atoms with Crippen molar-refractivity contribution in [1.82, 2.24) is 5.32 Å². The van der Waals surface area contributed by atoms with E-state index >= 15 is 0 Å². The lowest BCUT2D eigenvalue weighted by Gasteiger charge is -2.21. The van der Waals surface area contributed by atoms with Gasteiger partial charge in [0, 0.05) is 23.7 Å². The van der Waals surface area contributed by atoms with E-state index in [-0.39, 0.29) is 0 Å². The van der Waals surface area contributed by atoms with Crippen LogP contribution in [-0.2, 0) is 0 Å². The molecule has 0 spiro atoms. The summed E-state index contributed by atoms with van der Waals surface area (Å²) in [6.07, 6.45) is 1.03. The molecule has 84 valence electrons. The number of hydrogen-bond donors (Lipinski definition) is 2. The summed E-state index contributed by atoms with van der Waals surface area (Å²) in [6, 6.07) is 8.64. The molecule has 0 fully saturated rings. The number of nitrogens with one attached hydrogen (secondary N) is 1. The van der Waals surface area contributed by atoms with Crippen molar-refractivity contribution in [2.24, 2.45) is 5.73 Å². The molecule has 2 atom stereocenters. The van der Waals surface area contributed by atoms with Gasteiger partial charge in [0.25, 0.3) is 0 Å². The van der Waals surface area contributed by atoms with Crippen LogP contribution in [0.2, 0.25) is 5.02 Å². The molecule has 0 radical (unpaired) electrons. The Morgan fingerprint density at radius 3 is 2.73 bits per heavy atom. The molecule has 0 saturated carbocycles. The molecule has 0 aliphatic carbocycles. The highest BCUT2D eigenvalue weighted by Crippen LogP contribution is 2.20. The van der Waals surface area contributed by atoms with Crippen molar-refractivity contribution in [3.63, 3.8) is 0 Å². The number of hydrogen-bond acceptors (Lipinski definition) is 2. The van der Waals surface area contributed by atoms with Gasteiger partial charge in [-0.05, 0) is 31.0 Å². The van der Waals surface area contributed by atoms with Gasteiger partial charge in [-0.25, -0.2) is 0 Å². The number of benzene rings is 1. The fourth-order valence-electron chi connectivity index (χ4n) is 1.58. The first-order chi connectivity index (χ1) is 7.17. The van der Waals surface area contributed by atoms with E-state index in [2.05, 4.69) is 25.2 Å². The molecule has 1 aromatic rings. The number of nitrogens with two attached hydrogens (primary N) is 1. The second kappa shape index (κ2) is 6.11. The zero-order valence-corrected chi connectivity index (χ0v) is 10.1. The molecule has 15 heavy (non-hydrogen) atoms. The summed E-state index contributed by atoms with van der Waals surface area (Å²) in [5.41, 5.74) is 6.82. The largest absolute Gasteiger partial charge is 0.329 e. The maximum atomic E-state index is 5.96. The van der Waals surface area contributed by atoms with Crippen molar-refractivity contribution in [2.75, 3.05) is 6.54 Å². The van der Waals surface area contributed by atoms with Crippen LogP contribution in [0.5, 0.6) is 0 Å². The summed E-state index contributed by atoms with van der Waals surface area (Å²) in [7, 11) is 0. The van der Waals surface area contributed by atoms with Gasteiger partial charge < -0.3 is 11.1 Å². The van der Waals surface area contributed by atoms with E-state index in [1.807, 2.05) is 18.2 Å². The fraction of sp³-hybridized carbons (Fsp3) is 0.500. The van der Waals surface area contributed by atoms with Gasteiger partial charge in [-0.1, -0.05) is 30.7 Å². The lowest BCUT2D eigenvalue weighted by atomic mass is 10.0. The van der Waals surface area contributed by atoms with Gasteiger partial charge in [0.2, 0.25) is 0 Å². The summed E-state index contributed by atoms with van der Waals surface area (Å²) in [5, 5.41) is 4.26. The highest BCUT2D eigenvalue weighted by atomic mass is 35.5. The van der Waals surface area contributed by atoms with Crippen molar-refractivity contribution in [3.05, 3.63) is 34.9 Å². The van der Waals surface area contributed by atoms with Crippen LogP contribution in [0.4, 0.5) is 0 Å². The predicted molar refractivity (Wildman–Crippen MR) is 66.1 cm³/mol. The molecule has 0 saturated heterocycles. The van der Waals surface area contributed by atoms with Crippen molar-refractivity contribution in [2.45, 2.75) is 32.4 Å². The Bertz CT molecular complexity index is 301. The molecule has 0 heterocycles. The zero-order chi connectivity index (χ0) is 11.3. The van der Waals surface area contributed by atoms with Crippen LogP contribution in [0.25, 0.3) is 0 Å². The third-order valence-corrected chi connectivity index (χ3v) is 2.73. The van der Waals surface area contributed by atoms with Gasteiger partial charge in [0.05, 0.1) is 0 Å². The Labute approximate surface area is 96.8 Å². The molecule has 0 aromatic heterocycles. The first kappa shape index (κ1) is 12.5. The standard InChI is InChI=1S/C12H19ClN2/c1-3-12(15-9(2)8-14)10-5-4-6-11(13)7-10/h4-7,9,12,15H,3,8,14H2,1-2H3. The molecule has 0 aliphatic rings. The maximum absolute atomic E-state index is 5.96. The average molecular weight is 227 g/mol. The molecule has 2 unspecified atom stereocenters. The third-order valence-electron chi connectivity index (χ3n) is 2.50. The smallest absolute Gasteiger partial charge is 0.0409 e. The van der Waals surface area contributed by atoms with E-state index in [4.69, 9.17) is 17.3 Å². The molecular weight excluding hydrogens is 208 g/mol. The molecule has 1 rings (SSSR count). The zero-order valence-electron chi connectivity index (χ0n) is 9.33. The molecule has 3 N–H and O–H groups in total. The predicted octanol–water partition coefficient (Wildman–Crippen LogP) is 2.73. The van der Waals surface area contributed by atoms with E-state index in [1.165, 1.54) is 5.56 Å². The SMILES string of the molecule is CCC(NC(C)CN)c1cccc(Cl)c1. The summed E-state index contributed by atoms with van der Waals surface area (Å²) in [4.78, 5) is 0. The Kier molecular flexibility index (Phi) is 5.09. The highest BCUT2D eigenvalue weighted by molar-refractivity contribution is 6.30. The normalized spacial score (nSPS) is 14.9. The van der Waals surface area contributed by atoms with Gasteiger partial charge in [-0.15, -0.1) is 0 Å². The summed E-state index contributed by atoms with van der Waals surface area (Å²) < 4.78 is 0. The number of halogens is 1. The lowest BCUT2D eigenvalue weighted by Crippen LogP contribution is -2.35.